The molecule has 9 heteroatoms. The zero-order chi connectivity index (χ0) is 26.4. The van der Waals surface area contributed by atoms with Crippen LogP contribution >= 0.6 is 0 Å². The second kappa shape index (κ2) is 11.8. The molecule has 37 heavy (non-hydrogen) atoms. The zero-order valence-electron chi connectivity index (χ0n) is 20.1. The molecule has 0 aliphatic heterocycles. The van der Waals surface area contributed by atoms with Crippen molar-refractivity contribution in [1.29, 1.82) is 0 Å². The summed E-state index contributed by atoms with van der Waals surface area (Å²) in [5.41, 5.74) is 2.91. The first-order valence-corrected chi connectivity index (χ1v) is 12.1. The SMILES string of the molecule is O=C(NC[C@@H](O)C[C@@H](Cc1ccccc1)C(=O)N[C@H]1c2ccccc2C[C@H]1O)c1ccc([N+](=O)[O-])cc1. The van der Waals surface area contributed by atoms with Crippen molar-refractivity contribution in [2.45, 2.75) is 37.5 Å². The van der Waals surface area contributed by atoms with Gasteiger partial charge in [0.25, 0.3) is 11.6 Å². The number of carbonyl (C=O) groups excluding carboxylic acids is 2. The van der Waals surface area contributed by atoms with Crippen LogP contribution in [0.5, 0.6) is 0 Å². The van der Waals surface area contributed by atoms with Gasteiger partial charge in [-0.15, -0.1) is 0 Å². The Morgan fingerprint density at radius 3 is 2.38 bits per heavy atom. The molecule has 1 aliphatic rings. The van der Waals surface area contributed by atoms with Crippen molar-refractivity contribution in [1.82, 2.24) is 10.6 Å². The first-order valence-electron chi connectivity index (χ1n) is 12.1. The minimum Gasteiger partial charge on any atom is -0.391 e. The van der Waals surface area contributed by atoms with Crippen molar-refractivity contribution < 1.29 is 24.7 Å². The lowest BCUT2D eigenvalue weighted by molar-refractivity contribution is -0.384. The number of benzene rings is 3. The molecule has 0 spiro atoms. The third kappa shape index (κ3) is 6.58. The van der Waals surface area contributed by atoms with E-state index in [4.69, 9.17) is 0 Å². The number of hydrogen-bond donors (Lipinski definition) is 4. The van der Waals surface area contributed by atoms with E-state index in [1.807, 2.05) is 54.6 Å². The molecule has 4 atom stereocenters. The molecule has 0 bridgehead atoms. The number of hydrogen-bond acceptors (Lipinski definition) is 6. The summed E-state index contributed by atoms with van der Waals surface area (Å²) in [5.74, 6) is -1.37. The third-order valence-corrected chi connectivity index (χ3v) is 6.59. The summed E-state index contributed by atoms with van der Waals surface area (Å²) >= 11 is 0. The van der Waals surface area contributed by atoms with Crippen LogP contribution in [0.25, 0.3) is 0 Å². The van der Waals surface area contributed by atoms with Crippen molar-refractivity contribution in [2.24, 2.45) is 5.92 Å². The molecular weight excluding hydrogens is 474 g/mol. The molecular formula is C28H29N3O6. The maximum Gasteiger partial charge on any atom is 0.269 e. The summed E-state index contributed by atoms with van der Waals surface area (Å²) in [7, 11) is 0. The maximum atomic E-state index is 13.4. The molecule has 0 unspecified atom stereocenters. The minimum absolute atomic E-state index is 0.0890. The average molecular weight is 504 g/mol. The van der Waals surface area contributed by atoms with Gasteiger partial charge in [0.1, 0.15) is 0 Å². The molecule has 0 saturated heterocycles. The van der Waals surface area contributed by atoms with Gasteiger partial charge in [-0.1, -0.05) is 54.6 Å². The number of carbonyl (C=O) groups is 2. The lowest BCUT2D eigenvalue weighted by atomic mass is 9.92. The summed E-state index contributed by atoms with van der Waals surface area (Å²) in [6.07, 6.45) is -0.815. The van der Waals surface area contributed by atoms with Crippen LogP contribution in [-0.2, 0) is 17.6 Å². The van der Waals surface area contributed by atoms with E-state index in [1.54, 1.807) is 0 Å². The number of non-ortho nitro benzene ring substituents is 1. The lowest BCUT2D eigenvalue weighted by Crippen LogP contribution is -2.41. The van der Waals surface area contributed by atoms with Crippen LogP contribution in [0.2, 0.25) is 0 Å². The molecule has 4 rings (SSSR count). The Balaban J connectivity index is 1.40. The van der Waals surface area contributed by atoms with E-state index in [0.717, 1.165) is 16.7 Å². The Morgan fingerprint density at radius 2 is 1.68 bits per heavy atom. The van der Waals surface area contributed by atoms with Crippen LogP contribution in [-0.4, -0.2) is 45.7 Å². The number of rotatable bonds is 10. The van der Waals surface area contributed by atoms with Crippen LogP contribution in [0, 0.1) is 16.0 Å². The van der Waals surface area contributed by atoms with E-state index in [9.17, 15) is 29.9 Å². The molecule has 0 heterocycles. The summed E-state index contributed by atoms with van der Waals surface area (Å²) in [4.78, 5) is 36.0. The van der Waals surface area contributed by atoms with Gasteiger partial charge in [-0.05, 0) is 41.7 Å². The van der Waals surface area contributed by atoms with E-state index in [-0.39, 0.29) is 30.1 Å². The smallest absolute Gasteiger partial charge is 0.269 e. The number of fused-ring (bicyclic) bond motifs is 1. The summed E-state index contributed by atoms with van der Waals surface area (Å²) in [5, 5.41) is 37.7. The topological polar surface area (TPSA) is 142 Å². The van der Waals surface area contributed by atoms with Gasteiger partial charge >= 0.3 is 0 Å². The van der Waals surface area contributed by atoms with Gasteiger partial charge < -0.3 is 20.8 Å². The molecule has 1 aliphatic carbocycles. The average Bonchev–Trinajstić information content (AvgIpc) is 3.22. The van der Waals surface area contributed by atoms with Crippen molar-refractivity contribution in [3.63, 3.8) is 0 Å². The zero-order valence-corrected chi connectivity index (χ0v) is 20.1. The molecule has 0 aromatic heterocycles. The third-order valence-electron chi connectivity index (χ3n) is 6.59. The van der Waals surface area contributed by atoms with Crippen LogP contribution in [0.4, 0.5) is 5.69 Å². The van der Waals surface area contributed by atoms with E-state index in [1.165, 1.54) is 24.3 Å². The van der Waals surface area contributed by atoms with E-state index < -0.39 is 35.0 Å². The number of nitro groups is 1. The summed E-state index contributed by atoms with van der Waals surface area (Å²) < 4.78 is 0. The molecule has 3 aromatic carbocycles. The van der Waals surface area contributed by atoms with Crippen molar-refractivity contribution in [2.75, 3.05) is 6.54 Å². The number of nitrogens with one attached hydrogen (secondary N) is 2. The van der Waals surface area contributed by atoms with Gasteiger partial charge in [0, 0.05) is 36.6 Å². The molecule has 4 N–H and O–H groups in total. The van der Waals surface area contributed by atoms with Crippen molar-refractivity contribution >= 4 is 17.5 Å². The highest BCUT2D eigenvalue weighted by molar-refractivity contribution is 5.94. The maximum absolute atomic E-state index is 13.4. The predicted molar refractivity (Wildman–Crippen MR) is 137 cm³/mol. The lowest BCUT2D eigenvalue weighted by Gasteiger charge is -2.24. The second-order valence-corrected chi connectivity index (χ2v) is 9.25. The highest BCUT2D eigenvalue weighted by atomic mass is 16.6. The van der Waals surface area contributed by atoms with Crippen LogP contribution < -0.4 is 10.6 Å². The van der Waals surface area contributed by atoms with Gasteiger partial charge in [-0.25, -0.2) is 0 Å². The van der Waals surface area contributed by atoms with Crippen molar-refractivity contribution in [3.8, 4) is 0 Å². The van der Waals surface area contributed by atoms with Gasteiger partial charge in [0.15, 0.2) is 0 Å². The van der Waals surface area contributed by atoms with Crippen LogP contribution in [0.3, 0.4) is 0 Å². The predicted octanol–water partition coefficient (Wildman–Crippen LogP) is 2.71. The highest BCUT2D eigenvalue weighted by Crippen LogP contribution is 2.32. The Bertz CT molecular complexity index is 1250. The van der Waals surface area contributed by atoms with Gasteiger partial charge in [0.05, 0.1) is 23.2 Å². The number of nitro benzene ring substituents is 1. The summed E-state index contributed by atoms with van der Waals surface area (Å²) in [6.45, 7) is -0.0940. The van der Waals surface area contributed by atoms with E-state index >= 15 is 0 Å². The number of aliphatic hydroxyl groups is 2. The van der Waals surface area contributed by atoms with Gasteiger partial charge in [-0.3, -0.25) is 19.7 Å². The Labute approximate surface area is 214 Å². The Kier molecular flexibility index (Phi) is 8.27. The van der Waals surface area contributed by atoms with E-state index in [2.05, 4.69) is 10.6 Å². The fourth-order valence-corrected chi connectivity index (χ4v) is 4.66. The molecule has 3 aromatic rings. The molecule has 2 amide bonds. The minimum atomic E-state index is -1.01. The monoisotopic (exact) mass is 503 g/mol. The Morgan fingerprint density at radius 1 is 1.00 bits per heavy atom. The largest absolute Gasteiger partial charge is 0.391 e. The molecule has 0 saturated carbocycles. The van der Waals surface area contributed by atoms with Gasteiger partial charge in [-0.2, -0.15) is 0 Å². The van der Waals surface area contributed by atoms with Crippen LogP contribution in [0.1, 0.15) is 39.5 Å². The second-order valence-electron chi connectivity index (χ2n) is 9.25. The number of amides is 2. The van der Waals surface area contributed by atoms with Crippen LogP contribution in [0.15, 0.2) is 78.9 Å². The molecule has 0 radical (unpaired) electrons. The molecule has 192 valence electrons. The molecule has 9 nitrogen and oxygen atoms in total. The van der Waals surface area contributed by atoms with Crippen molar-refractivity contribution in [3.05, 3.63) is 111 Å². The number of nitrogens with zero attached hydrogens (tertiary/aromatic N) is 1. The quantitative estimate of drug-likeness (QED) is 0.248. The Hall–Kier alpha value is -4.08. The molecule has 0 fully saturated rings. The fraction of sp³-hybridized carbons (Fsp3) is 0.286. The first kappa shape index (κ1) is 26.0. The summed E-state index contributed by atoms with van der Waals surface area (Å²) in [6, 6.07) is 21.7. The fourth-order valence-electron chi connectivity index (χ4n) is 4.66. The highest BCUT2D eigenvalue weighted by Gasteiger charge is 2.34. The number of aliphatic hydroxyl groups excluding tert-OH is 2. The normalized spacial score (nSPS) is 17.9. The first-order chi connectivity index (χ1) is 17.8. The van der Waals surface area contributed by atoms with Gasteiger partial charge in [0.2, 0.25) is 5.91 Å². The van der Waals surface area contributed by atoms with E-state index in [0.29, 0.717) is 12.8 Å². The standard InChI is InChI=1S/C28H29N3O6/c32-23(17-29-27(34)19-10-12-22(13-11-19)31(36)37)15-21(14-18-6-2-1-3-7-18)28(35)30-26-24-9-5-4-8-20(24)16-25(26)33/h1-13,21,23,25-26,32-33H,14-17H2,(H,29,34)(H,30,35)/t21-,23+,25-,26+/m1/s1.